The molecule has 0 aliphatic carbocycles. The molecule has 0 aromatic carbocycles. The Morgan fingerprint density at radius 1 is 1.36 bits per heavy atom. The van der Waals surface area contributed by atoms with Gasteiger partial charge in [0.1, 0.15) is 0 Å². The summed E-state index contributed by atoms with van der Waals surface area (Å²) in [6.45, 7) is 15.1. The Morgan fingerprint density at radius 3 is 2.50 bits per heavy atom. The summed E-state index contributed by atoms with van der Waals surface area (Å²) >= 11 is 0. The first-order chi connectivity index (χ1) is 6.42. The molecule has 0 amide bonds. The van der Waals surface area contributed by atoms with Gasteiger partial charge in [-0.1, -0.05) is 27.7 Å². The molecule has 2 nitrogen and oxygen atoms in total. The van der Waals surface area contributed by atoms with E-state index in [1.165, 1.54) is 19.5 Å². The lowest BCUT2D eigenvalue weighted by Gasteiger charge is -2.41. The van der Waals surface area contributed by atoms with Crippen molar-refractivity contribution in [3.05, 3.63) is 0 Å². The van der Waals surface area contributed by atoms with Crippen LogP contribution in [0.15, 0.2) is 0 Å². The highest BCUT2D eigenvalue weighted by Gasteiger charge is 2.26. The number of nitrogens with zero attached hydrogens (tertiary/aromatic N) is 1. The van der Waals surface area contributed by atoms with Crippen LogP contribution in [0.2, 0.25) is 0 Å². The summed E-state index contributed by atoms with van der Waals surface area (Å²) < 4.78 is 0. The van der Waals surface area contributed by atoms with E-state index in [9.17, 15) is 0 Å². The normalized spacial score (nSPS) is 30.6. The summed E-state index contributed by atoms with van der Waals surface area (Å²) in [6, 6.07) is 1.39. The maximum absolute atomic E-state index is 3.59. The second-order valence-corrected chi connectivity index (χ2v) is 5.85. The second kappa shape index (κ2) is 4.63. The van der Waals surface area contributed by atoms with E-state index in [4.69, 9.17) is 0 Å². The highest BCUT2D eigenvalue weighted by atomic mass is 15.2. The molecule has 0 saturated carbocycles. The summed E-state index contributed by atoms with van der Waals surface area (Å²) in [5, 5.41) is 3.59. The van der Waals surface area contributed by atoms with Gasteiger partial charge >= 0.3 is 0 Å². The Kier molecular flexibility index (Phi) is 3.96. The minimum Gasteiger partial charge on any atom is -0.311 e. The van der Waals surface area contributed by atoms with Crippen molar-refractivity contribution in [2.75, 3.05) is 19.6 Å². The molecular formula is C12H26N2. The molecule has 84 valence electrons. The third-order valence-corrected chi connectivity index (χ3v) is 2.95. The molecule has 0 radical (unpaired) electrons. The lowest BCUT2D eigenvalue weighted by atomic mass is 9.94. The average molecular weight is 198 g/mol. The number of hydrogen-bond acceptors (Lipinski definition) is 2. The van der Waals surface area contributed by atoms with Gasteiger partial charge in [0, 0.05) is 31.7 Å². The van der Waals surface area contributed by atoms with Crippen LogP contribution in [0.3, 0.4) is 0 Å². The summed E-state index contributed by atoms with van der Waals surface area (Å²) in [5.41, 5.74) is 0.421. The molecular weight excluding hydrogens is 172 g/mol. The average Bonchev–Trinajstić information content (AvgIpc) is 2.06. The van der Waals surface area contributed by atoms with E-state index in [2.05, 4.69) is 44.8 Å². The lowest BCUT2D eigenvalue weighted by Crippen LogP contribution is -2.56. The highest BCUT2D eigenvalue weighted by Crippen LogP contribution is 2.19. The first kappa shape index (κ1) is 12.0. The van der Waals surface area contributed by atoms with Gasteiger partial charge in [0.05, 0.1) is 0 Å². The minimum absolute atomic E-state index is 0.421. The molecule has 2 atom stereocenters. The third-order valence-electron chi connectivity index (χ3n) is 2.95. The largest absolute Gasteiger partial charge is 0.311 e. The van der Waals surface area contributed by atoms with Crippen LogP contribution in [0.25, 0.3) is 0 Å². The summed E-state index contributed by atoms with van der Waals surface area (Å²) in [4.78, 5) is 2.63. The second-order valence-electron chi connectivity index (χ2n) is 5.85. The molecule has 14 heavy (non-hydrogen) atoms. The molecule has 1 aliphatic rings. The van der Waals surface area contributed by atoms with Crippen molar-refractivity contribution in [2.24, 2.45) is 5.41 Å². The van der Waals surface area contributed by atoms with Crippen molar-refractivity contribution in [1.82, 2.24) is 10.2 Å². The highest BCUT2D eigenvalue weighted by molar-refractivity contribution is 4.85. The lowest BCUT2D eigenvalue weighted by molar-refractivity contribution is 0.0982. The number of nitrogens with one attached hydrogen (secondary N) is 1. The smallest absolute Gasteiger partial charge is 0.0193 e. The number of rotatable bonds is 2. The molecule has 0 bridgehead atoms. The Labute approximate surface area is 89.1 Å². The van der Waals surface area contributed by atoms with E-state index in [1.54, 1.807) is 0 Å². The van der Waals surface area contributed by atoms with Crippen LogP contribution in [-0.2, 0) is 0 Å². The van der Waals surface area contributed by atoms with Crippen molar-refractivity contribution in [3.8, 4) is 0 Å². The van der Waals surface area contributed by atoms with Crippen LogP contribution in [0.4, 0.5) is 0 Å². The van der Waals surface area contributed by atoms with Gasteiger partial charge in [0.15, 0.2) is 0 Å². The predicted molar refractivity (Wildman–Crippen MR) is 62.6 cm³/mol. The summed E-state index contributed by atoms with van der Waals surface area (Å²) in [6.07, 6.45) is 1.24. The minimum atomic E-state index is 0.421. The maximum atomic E-state index is 3.59. The predicted octanol–water partition coefficient (Wildman–Crippen LogP) is 2.10. The standard InChI is InChI=1S/C12H26N2/c1-6-11-8-14(9-12(3,4)5)10(2)7-13-11/h10-11,13H,6-9H2,1-5H3. The fourth-order valence-electron chi connectivity index (χ4n) is 2.10. The van der Waals surface area contributed by atoms with Gasteiger partial charge in [0.25, 0.3) is 0 Å². The van der Waals surface area contributed by atoms with E-state index in [1.807, 2.05) is 0 Å². The molecule has 1 heterocycles. The van der Waals surface area contributed by atoms with Gasteiger partial charge < -0.3 is 5.32 Å². The SMILES string of the molecule is CCC1CN(CC(C)(C)C)C(C)CN1. The monoisotopic (exact) mass is 198 g/mol. The fraction of sp³-hybridized carbons (Fsp3) is 1.00. The first-order valence-corrected chi connectivity index (χ1v) is 5.90. The van der Waals surface area contributed by atoms with Crippen LogP contribution in [0.5, 0.6) is 0 Å². The Morgan fingerprint density at radius 2 is 2.00 bits per heavy atom. The fourth-order valence-corrected chi connectivity index (χ4v) is 2.10. The molecule has 1 aliphatic heterocycles. The van der Waals surface area contributed by atoms with Crippen molar-refractivity contribution in [2.45, 2.75) is 53.1 Å². The van der Waals surface area contributed by atoms with Gasteiger partial charge in [-0.05, 0) is 18.8 Å². The van der Waals surface area contributed by atoms with Gasteiger partial charge in [-0.2, -0.15) is 0 Å². The van der Waals surface area contributed by atoms with E-state index in [-0.39, 0.29) is 0 Å². The topological polar surface area (TPSA) is 15.3 Å². The molecule has 2 heteroatoms. The van der Waals surface area contributed by atoms with Crippen molar-refractivity contribution in [1.29, 1.82) is 0 Å². The van der Waals surface area contributed by atoms with Gasteiger partial charge in [-0.15, -0.1) is 0 Å². The molecule has 2 unspecified atom stereocenters. The Balaban J connectivity index is 2.48. The molecule has 1 rings (SSSR count). The number of hydrogen-bond donors (Lipinski definition) is 1. The van der Waals surface area contributed by atoms with E-state index >= 15 is 0 Å². The van der Waals surface area contributed by atoms with Crippen LogP contribution < -0.4 is 5.32 Å². The van der Waals surface area contributed by atoms with E-state index in [0.29, 0.717) is 17.5 Å². The van der Waals surface area contributed by atoms with Crippen molar-refractivity contribution >= 4 is 0 Å². The maximum Gasteiger partial charge on any atom is 0.0193 e. The Bertz CT molecular complexity index is 172. The zero-order chi connectivity index (χ0) is 10.8. The van der Waals surface area contributed by atoms with E-state index < -0.39 is 0 Å². The van der Waals surface area contributed by atoms with Gasteiger partial charge in [-0.3, -0.25) is 4.90 Å². The van der Waals surface area contributed by atoms with Crippen LogP contribution in [-0.4, -0.2) is 36.6 Å². The van der Waals surface area contributed by atoms with Gasteiger partial charge in [-0.25, -0.2) is 0 Å². The quantitative estimate of drug-likeness (QED) is 0.731. The van der Waals surface area contributed by atoms with Crippen molar-refractivity contribution < 1.29 is 0 Å². The van der Waals surface area contributed by atoms with E-state index in [0.717, 1.165) is 6.54 Å². The molecule has 0 spiro atoms. The van der Waals surface area contributed by atoms with Crippen molar-refractivity contribution in [3.63, 3.8) is 0 Å². The van der Waals surface area contributed by atoms with Crippen LogP contribution in [0, 0.1) is 5.41 Å². The van der Waals surface area contributed by atoms with Crippen LogP contribution >= 0.6 is 0 Å². The number of piperazine rings is 1. The Hall–Kier alpha value is -0.0800. The summed E-state index contributed by atoms with van der Waals surface area (Å²) in [7, 11) is 0. The molecule has 0 aromatic heterocycles. The molecule has 1 saturated heterocycles. The van der Waals surface area contributed by atoms with Crippen LogP contribution in [0.1, 0.15) is 41.0 Å². The molecule has 1 fully saturated rings. The summed E-state index contributed by atoms with van der Waals surface area (Å²) in [5.74, 6) is 0. The molecule has 1 N–H and O–H groups in total. The zero-order valence-electron chi connectivity index (χ0n) is 10.4. The zero-order valence-corrected chi connectivity index (χ0v) is 10.4. The third kappa shape index (κ3) is 3.58. The molecule has 0 aromatic rings. The first-order valence-electron chi connectivity index (χ1n) is 5.90. The van der Waals surface area contributed by atoms with Gasteiger partial charge in [0.2, 0.25) is 0 Å².